The first-order chi connectivity index (χ1) is 9.74. The van der Waals surface area contributed by atoms with Gasteiger partial charge in [0.2, 0.25) is 0 Å². The number of fused-ring (bicyclic) bond motifs is 1. The molecule has 0 aromatic carbocycles. The molecule has 1 aliphatic heterocycles. The van der Waals surface area contributed by atoms with Gasteiger partial charge in [-0.25, -0.2) is 9.97 Å². The first kappa shape index (κ1) is 14.3. The van der Waals surface area contributed by atoms with Crippen LogP contribution in [0.2, 0.25) is 0 Å². The Labute approximate surface area is 126 Å². The van der Waals surface area contributed by atoms with Gasteiger partial charge >= 0.3 is 0 Å². The Morgan fingerprint density at radius 2 is 2.05 bits per heavy atom. The summed E-state index contributed by atoms with van der Waals surface area (Å²) in [7, 11) is 0. The summed E-state index contributed by atoms with van der Waals surface area (Å²) in [6.45, 7) is 6.47. The second-order valence-corrected chi connectivity index (χ2v) is 7.54. The molecule has 0 radical (unpaired) electrons. The van der Waals surface area contributed by atoms with E-state index in [1.54, 1.807) is 0 Å². The molecule has 2 aliphatic rings. The number of nitrogens with zero attached hydrogens (tertiary/aromatic N) is 2. The molecule has 1 aliphatic carbocycles. The standard InChI is InChI=1S/C16H25N3S/c1-11(2)16-13-7-8-17-9-14(13)18-15(19-16)10-20-12-5-3-4-6-12/h11-12,17H,3-10H2,1-2H3. The Bertz CT molecular complexity index is 467. The molecule has 0 spiro atoms. The van der Waals surface area contributed by atoms with Crippen molar-refractivity contribution in [2.24, 2.45) is 0 Å². The molecule has 1 aromatic heterocycles. The van der Waals surface area contributed by atoms with E-state index in [2.05, 4.69) is 30.9 Å². The van der Waals surface area contributed by atoms with Crippen LogP contribution in [0.1, 0.15) is 68.2 Å². The second-order valence-electron chi connectivity index (χ2n) is 6.25. The lowest BCUT2D eigenvalue weighted by Gasteiger charge is -2.22. The Morgan fingerprint density at radius 1 is 1.25 bits per heavy atom. The molecule has 0 bridgehead atoms. The van der Waals surface area contributed by atoms with Crippen molar-refractivity contribution in [1.29, 1.82) is 0 Å². The highest BCUT2D eigenvalue weighted by molar-refractivity contribution is 7.99. The van der Waals surface area contributed by atoms with Gasteiger partial charge in [0.1, 0.15) is 5.82 Å². The first-order valence-electron chi connectivity index (χ1n) is 7.95. The molecule has 2 heterocycles. The molecule has 3 nitrogen and oxygen atoms in total. The summed E-state index contributed by atoms with van der Waals surface area (Å²) in [5, 5.41) is 4.28. The van der Waals surface area contributed by atoms with Crippen LogP contribution in [0.15, 0.2) is 0 Å². The largest absolute Gasteiger partial charge is 0.311 e. The predicted octanol–water partition coefficient (Wildman–Crippen LogP) is 3.42. The van der Waals surface area contributed by atoms with Crippen molar-refractivity contribution in [2.45, 2.75) is 69.4 Å². The molecule has 110 valence electrons. The van der Waals surface area contributed by atoms with Gasteiger partial charge in [-0.3, -0.25) is 0 Å². The summed E-state index contributed by atoms with van der Waals surface area (Å²) in [5.41, 5.74) is 3.95. The summed E-state index contributed by atoms with van der Waals surface area (Å²) in [4.78, 5) is 9.71. The van der Waals surface area contributed by atoms with E-state index in [1.165, 1.54) is 42.6 Å². The average molecular weight is 291 g/mol. The van der Waals surface area contributed by atoms with Crippen LogP contribution in [0, 0.1) is 0 Å². The number of hydrogen-bond donors (Lipinski definition) is 1. The Balaban J connectivity index is 1.78. The number of hydrogen-bond acceptors (Lipinski definition) is 4. The molecular weight excluding hydrogens is 266 g/mol. The van der Waals surface area contributed by atoms with Crippen LogP contribution in [0.5, 0.6) is 0 Å². The number of thioether (sulfide) groups is 1. The topological polar surface area (TPSA) is 37.8 Å². The minimum Gasteiger partial charge on any atom is -0.311 e. The lowest BCUT2D eigenvalue weighted by atomic mass is 9.97. The van der Waals surface area contributed by atoms with E-state index < -0.39 is 0 Å². The normalized spacial score (nSPS) is 19.6. The van der Waals surface area contributed by atoms with Gasteiger partial charge in [-0.15, -0.1) is 0 Å². The molecule has 20 heavy (non-hydrogen) atoms. The third kappa shape index (κ3) is 3.17. The van der Waals surface area contributed by atoms with E-state index in [0.717, 1.165) is 36.3 Å². The summed E-state index contributed by atoms with van der Waals surface area (Å²) < 4.78 is 0. The minimum atomic E-state index is 0.500. The molecule has 0 amide bonds. The molecule has 3 rings (SSSR count). The highest BCUT2D eigenvalue weighted by atomic mass is 32.2. The lowest BCUT2D eigenvalue weighted by Crippen LogP contribution is -2.27. The maximum Gasteiger partial charge on any atom is 0.138 e. The highest BCUT2D eigenvalue weighted by Crippen LogP contribution is 2.31. The van der Waals surface area contributed by atoms with Crippen molar-refractivity contribution in [3.8, 4) is 0 Å². The van der Waals surface area contributed by atoms with E-state index in [9.17, 15) is 0 Å². The quantitative estimate of drug-likeness (QED) is 0.922. The van der Waals surface area contributed by atoms with Crippen molar-refractivity contribution < 1.29 is 0 Å². The van der Waals surface area contributed by atoms with E-state index in [4.69, 9.17) is 9.97 Å². The van der Waals surface area contributed by atoms with Gasteiger partial charge in [-0.1, -0.05) is 26.7 Å². The summed E-state index contributed by atoms with van der Waals surface area (Å²) in [6.07, 6.45) is 6.66. The number of aromatic nitrogens is 2. The van der Waals surface area contributed by atoms with Gasteiger partial charge < -0.3 is 5.32 Å². The van der Waals surface area contributed by atoms with Crippen molar-refractivity contribution >= 4 is 11.8 Å². The molecule has 1 fully saturated rings. The van der Waals surface area contributed by atoms with Crippen LogP contribution < -0.4 is 5.32 Å². The molecule has 0 unspecified atom stereocenters. The zero-order valence-corrected chi connectivity index (χ0v) is 13.4. The highest BCUT2D eigenvalue weighted by Gasteiger charge is 2.20. The van der Waals surface area contributed by atoms with Crippen LogP contribution in [-0.4, -0.2) is 21.8 Å². The monoisotopic (exact) mass is 291 g/mol. The van der Waals surface area contributed by atoms with Crippen molar-refractivity contribution in [2.75, 3.05) is 6.54 Å². The predicted molar refractivity (Wildman–Crippen MR) is 85.1 cm³/mol. The van der Waals surface area contributed by atoms with Crippen LogP contribution >= 0.6 is 11.8 Å². The van der Waals surface area contributed by atoms with Gasteiger partial charge in [0, 0.05) is 11.8 Å². The van der Waals surface area contributed by atoms with Crippen LogP contribution in [-0.2, 0) is 18.7 Å². The molecule has 4 heteroatoms. The fourth-order valence-corrected chi connectivity index (χ4v) is 4.41. The summed E-state index contributed by atoms with van der Waals surface area (Å²) in [5.74, 6) is 2.53. The van der Waals surface area contributed by atoms with E-state index in [0.29, 0.717) is 5.92 Å². The molecule has 1 aromatic rings. The van der Waals surface area contributed by atoms with E-state index in [1.807, 2.05) is 0 Å². The van der Waals surface area contributed by atoms with Crippen LogP contribution in [0.3, 0.4) is 0 Å². The van der Waals surface area contributed by atoms with Gasteiger partial charge in [0.15, 0.2) is 0 Å². The van der Waals surface area contributed by atoms with Gasteiger partial charge in [-0.05, 0) is 37.3 Å². The SMILES string of the molecule is CC(C)c1nc(CSC2CCCC2)nc2c1CCNC2. The fraction of sp³-hybridized carbons (Fsp3) is 0.750. The Morgan fingerprint density at radius 3 is 2.80 bits per heavy atom. The maximum atomic E-state index is 4.89. The number of nitrogens with one attached hydrogen (secondary N) is 1. The molecule has 0 atom stereocenters. The Hall–Kier alpha value is -0.610. The van der Waals surface area contributed by atoms with Gasteiger partial charge in [0.05, 0.1) is 17.1 Å². The summed E-state index contributed by atoms with van der Waals surface area (Å²) in [6, 6.07) is 0. The molecular formula is C16H25N3S. The van der Waals surface area contributed by atoms with E-state index >= 15 is 0 Å². The van der Waals surface area contributed by atoms with Crippen LogP contribution in [0.25, 0.3) is 0 Å². The second kappa shape index (κ2) is 6.44. The van der Waals surface area contributed by atoms with Gasteiger partial charge in [0.25, 0.3) is 0 Å². The third-order valence-electron chi connectivity index (χ3n) is 4.31. The zero-order valence-electron chi connectivity index (χ0n) is 12.6. The lowest BCUT2D eigenvalue weighted by molar-refractivity contribution is 0.603. The first-order valence-corrected chi connectivity index (χ1v) is 9.00. The molecule has 1 saturated carbocycles. The van der Waals surface area contributed by atoms with Crippen molar-refractivity contribution in [3.05, 3.63) is 22.8 Å². The van der Waals surface area contributed by atoms with Gasteiger partial charge in [-0.2, -0.15) is 11.8 Å². The van der Waals surface area contributed by atoms with Crippen molar-refractivity contribution in [1.82, 2.24) is 15.3 Å². The molecule has 0 saturated heterocycles. The van der Waals surface area contributed by atoms with Crippen molar-refractivity contribution in [3.63, 3.8) is 0 Å². The molecule has 1 N–H and O–H groups in total. The summed E-state index contributed by atoms with van der Waals surface area (Å²) >= 11 is 2.06. The zero-order chi connectivity index (χ0) is 13.9. The van der Waals surface area contributed by atoms with E-state index in [-0.39, 0.29) is 0 Å². The maximum absolute atomic E-state index is 4.89. The fourth-order valence-electron chi connectivity index (χ4n) is 3.23. The smallest absolute Gasteiger partial charge is 0.138 e. The average Bonchev–Trinajstić information content (AvgIpc) is 2.97. The third-order valence-corrected chi connectivity index (χ3v) is 5.68. The Kier molecular flexibility index (Phi) is 4.61. The number of rotatable bonds is 4. The minimum absolute atomic E-state index is 0.500. The van der Waals surface area contributed by atoms with Crippen LogP contribution in [0.4, 0.5) is 0 Å².